The number of carboxylic acid groups (broad SMARTS) is 1. The van der Waals surface area contributed by atoms with Crippen LogP contribution in [-0.4, -0.2) is 78.7 Å². The number of aromatic amines is 1. The van der Waals surface area contributed by atoms with Crippen molar-refractivity contribution in [1.82, 2.24) is 45.8 Å². The topological polar surface area (TPSA) is 240 Å². The fraction of sp³-hybridized carbons (Fsp3) is 0.387. The number of anilines is 2. The summed E-state index contributed by atoms with van der Waals surface area (Å²) >= 11 is 0. The lowest BCUT2D eigenvalue weighted by molar-refractivity contribution is -0.140. The highest BCUT2D eigenvalue weighted by molar-refractivity contribution is 5.96. The number of nitrogens with two attached hydrogens (primary N) is 1. The first-order valence-electron chi connectivity index (χ1n) is 15.5. The molecule has 4 rings (SSSR count). The Bertz CT molecular complexity index is 1880. The molecule has 1 aromatic carbocycles. The lowest BCUT2D eigenvalue weighted by Gasteiger charge is -2.43. The molecule has 0 bridgehead atoms. The van der Waals surface area contributed by atoms with E-state index in [1.54, 1.807) is 39.0 Å². The molecule has 0 radical (unpaired) electrons. The zero-order valence-corrected chi connectivity index (χ0v) is 27.7. The van der Waals surface area contributed by atoms with Gasteiger partial charge in [0.25, 0.3) is 5.91 Å². The van der Waals surface area contributed by atoms with E-state index in [-0.39, 0.29) is 48.3 Å². The third-order valence-electron chi connectivity index (χ3n) is 8.06. The Hall–Kier alpha value is -5.88. The summed E-state index contributed by atoms with van der Waals surface area (Å²) in [6.07, 6.45) is 0.123. The number of imidazole rings is 1. The number of H-pyrrole nitrogens is 1. The molecular weight excluding hydrogens is 661 g/mol. The third kappa shape index (κ3) is 8.04. The molecule has 268 valence electrons. The number of rotatable bonds is 13. The van der Waals surface area contributed by atoms with E-state index in [4.69, 9.17) is 11.1 Å². The number of amides is 3. The molecule has 50 heavy (non-hydrogen) atoms. The number of aromatic nitrogens is 5. The normalized spacial score (nSPS) is 12.9. The van der Waals surface area contributed by atoms with E-state index >= 15 is 0 Å². The van der Waals surface area contributed by atoms with Crippen molar-refractivity contribution in [1.29, 1.82) is 5.41 Å². The number of carbonyl (C=O) groups is 3. The van der Waals surface area contributed by atoms with Gasteiger partial charge in [-0.1, -0.05) is 27.7 Å². The smallest absolute Gasteiger partial charge is 0.435 e. The molecule has 0 aliphatic heterocycles. The van der Waals surface area contributed by atoms with Crippen LogP contribution >= 0.6 is 0 Å². The molecule has 0 spiro atoms. The van der Waals surface area contributed by atoms with Gasteiger partial charge in [-0.05, 0) is 42.0 Å². The van der Waals surface area contributed by atoms with E-state index < -0.39 is 40.8 Å². The molecule has 19 heteroatoms. The van der Waals surface area contributed by atoms with E-state index in [0.717, 1.165) is 6.20 Å². The number of nitrogens with zero attached hydrogens (tertiary/aromatic N) is 4. The quantitative estimate of drug-likeness (QED) is 0.0560. The third-order valence-corrected chi connectivity index (χ3v) is 8.06. The predicted octanol–water partition coefficient (Wildman–Crippen LogP) is 3.22. The summed E-state index contributed by atoms with van der Waals surface area (Å²) in [5, 5.41) is 36.0. The second-order valence-corrected chi connectivity index (χ2v) is 12.3. The first-order chi connectivity index (χ1) is 23.5. The first-order valence-corrected chi connectivity index (χ1v) is 15.5. The van der Waals surface area contributed by atoms with Crippen LogP contribution in [0.1, 0.15) is 55.7 Å². The van der Waals surface area contributed by atoms with Crippen molar-refractivity contribution in [3.05, 3.63) is 59.8 Å². The van der Waals surface area contributed by atoms with E-state index in [9.17, 15) is 32.7 Å². The Morgan fingerprint density at radius 2 is 1.80 bits per heavy atom. The van der Waals surface area contributed by atoms with Crippen LogP contribution in [0.25, 0.3) is 16.9 Å². The monoisotopic (exact) mass is 700 g/mol. The largest absolute Gasteiger partial charge is 0.465 e. The van der Waals surface area contributed by atoms with E-state index in [1.807, 2.05) is 6.92 Å². The lowest BCUT2D eigenvalue weighted by atomic mass is 9.72. The van der Waals surface area contributed by atoms with Crippen LogP contribution in [0.5, 0.6) is 0 Å². The molecule has 0 aliphatic rings. The van der Waals surface area contributed by atoms with Crippen LogP contribution in [0.15, 0.2) is 43.0 Å². The van der Waals surface area contributed by atoms with Crippen molar-refractivity contribution in [2.24, 2.45) is 11.1 Å². The molecule has 10 N–H and O–H groups in total. The summed E-state index contributed by atoms with van der Waals surface area (Å²) in [5.74, 6) is -1.10. The summed E-state index contributed by atoms with van der Waals surface area (Å²) < 4.78 is 41.9. The molecule has 16 nitrogen and oxygen atoms in total. The summed E-state index contributed by atoms with van der Waals surface area (Å²) in [6.45, 7) is 6.98. The van der Waals surface area contributed by atoms with Gasteiger partial charge in [0.2, 0.25) is 5.91 Å². The molecular formula is C31H39F3N12O4. The molecule has 4 aromatic rings. The van der Waals surface area contributed by atoms with E-state index in [2.05, 4.69) is 46.7 Å². The highest BCUT2D eigenvalue weighted by atomic mass is 19.4. The maximum absolute atomic E-state index is 13.5. The van der Waals surface area contributed by atoms with Crippen LogP contribution in [0.3, 0.4) is 0 Å². The Morgan fingerprint density at radius 1 is 1.08 bits per heavy atom. The predicted molar refractivity (Wildman–Crippen MR) is 178 cm³/mol. The van der Waals surface area contributed by atoms with Crippen molar-refractivity contribution >= 4 is 41.0 Å². The van der Waals surface area contributed by atoms with Crippen molar-refractivity contribution in [3.8, 4) is 11.3 Å². The summed E-state index contributed by atoms with van der Waals surface area (Å²) in [4.78, 5) is 46.6. The summed E-state index contributed by atoms with van der Waals surface area (Å²) in [5.41, 5.74) is 3.74. The SMILES string of the molecule is CCc1cc(Nc2nccn3c(-c4c[nH]nc4C(F)(F)F)cnc23)ccc1C(=O)NCCCNC(=O)[C@](CNC(=N)N)(NC(=O)O)C(C)(C)C. The van der Waals surface area contributed by atoms with Gasteiger partial charge in [0.15, 0.2) is 23.1 Å². The number of alkyl halides is 3. The van der Waals surface area contributed by atoms with Gasteiger partial charge in [-0.3, -0.25) is 24.5 Å². The molecule has 0 fully saturated rings. The average molecular weight is 701 g/mol. The van der Waals surface area contributed by atoms with E-state index in [0.29, 0.717) is 29.7 Å². The fourth-order valence-electron chi connectivity index (χ4n) is 5.35. The van der Waals surface area contributed by atoms with Crippen LogP contribution in [-0.2, 0) is 17.4 Å². The number of fused-ring (bicyclic) bond motifs is 1. The maximum atomic E-state index is 13.5. The lowest BCUT2D eigenvalue weighted by Crippen LogP contribution is -2.70. The standard InChI is InChI=1S/C31H39F3N12O4/c1-5-17-13-18(43-23-24-40-15-21(46(24)12-11-37-23)20-14-42-45-22(20)31(32,33)34)7-8-19(17)25(47)38-9-6-10-39-26(48)30(29(2,3)4,44-28(49)50)16-41-27(35)36/h7-8,11-15,44H,5-6,9-10,16H2,1-4H3,(H,37,43)(H,38,47)(H,39,48)(H,42,45)(H,49,50)(H4,35,36,41)/t30-/m0/s1. The van der Waals surface area contributed by atoms with Gasteiger partial charge in [0.1, 0.15) is 5.54 Å². The number of hydrogen-bond acceptors (Lipinski definition) is 8. The second kappa shape index (κ2) is 14.7. The summed E-state index contributed by atoms with van der Waals surface area (Å²) in [6, 6.07) is 5.06. The number of guanidine groups is 1. The number of halogens is 3. The summed E-state index contributed by atoms with van der Waals surface area (Å²) in [7, 11) is 0. The number of benzene rings is 1. The van der Waals surface area contributed by atoms with Crippen molar-refractivity contribution in [2.75, 3.05) is 25.0 Å². The van der Waals surface area contributed by atoms with Crippen LogP contribution in [0.4, 0.5) is 29.5 Å². The van der Waals surface area contributed by atoms with Gasteiger partial charge in [-0.2, -0.15) is 18.3 Å². The fourth-order valence-corrected chi connectivity index (χ4v) is 5.35. The Morgan fingerprint density at radius 3 is 2.44 bits per heavy atom. The number of carbonyl (C=O) groups excluding carboxylic acids is 2. The van der Waals surface area contributed by atoms with Gasteiger partial charge in [0, 0.05) is 42.9 Å². The molecule has 0 saturated carbocycles. The van der Waals surface area contributed by atoms with Crippen molar-refractivity contribution in [3.63, 3.8) is 0 Å². The molecule has 0 saturated heterocycles. The zero-order valence-electron chi connectivity index (χ0n) is 27.7. The van der Waals surface area contributed by atoms with Crippen LogP contribution < -0.4 is 32.3 Å². The average Bonchev–Trinajstić information content (AvgIpc) is 3.70. The van der Waals surface area contributed by atoms with E-state index in [1.165, 1.54) is 23.0 Å². The highest BCUT2D eigenvalue weighted by Crippen LogP contribution is 2.36. The van der Waals surface area contributed by atoms with Crippen LogP contribution in [0, 0.1) is 10.8 Å². The van der Waals surface area contributed by atoms with Gasteiger partial charge in [-0.25, -0.2) is 14.8 Å². The minimum atomic E-state index is -4.66. The van der Waals surface area contributed by atoms with Gasteiger partial charge < -0.3 is 37.4 Å². The second-order valence-electron chi connectivity index (χ2n) is 12.3. The molecule has 3 amide bonds. The maximum Gasteiger partial charge on any atom is 0.435 e. The van der Waals surface area contributed by atoms with Gasteiger partial charge >= 0.3 is 12.3 Å². The minimum absolute atomic E-state index is 0.119. The molecule has 0 unspecified atom stereocenters. The Balaban J connectivity index is 1.40. The van der Waals surface area contributed by atoms with Gasteiger partial charge in [-0.15, -0.1) is 0 Å². The molecule has 3 heterocycles. The number of aryl methyl sites for hydroxylation is 1. The highest BCUT2D eigenvalue weighted by Gasteiger charge is 2.50. The first kappa shape index (κ1) is 36.9. The van der Waals surface area contributed by atoms with Crippen LogP contribution in [0.2, 0.25) is 0 Å². The Kier molecular flexibility index (Phi) is 10.9. The Labute approximate surface area is 284 Å². The molecule has 3 aromatic heterocycles. The van der Waals surface area contributed by atoms with Crippen molar-refractivity contribution in [2.45, 2.75) is 52.3 Å². The zero-order chi connectivity index (χ0) is 36.9. The number of hydrogen-bond donors (Lipinski definition) is 9. The molecule has 1 atom stereocenters. The van der Waals surface area contributed by atoms with Gasteiger partial charge in [0.05, 0.1) is 24.0 Å². The molecule has 0 aliphatic carbocycles. The van der Waals surface area contributed by atoms with Crippen molar-refractivity contribution < 1.29 is 32.7 Å². The number of nitrogens with one attached hydrogen (secondary N) is 7. The minimum Gasteiger partial charge on any atom is -0.465 e.